The summed E-state index contributed by atoms with van der Waals surface area (Å²) in [5, 5.41) is 2.09. The summed E-state index contributed by atoms with van der Waals surface area (Å²) in [6.07, 6.45) is 0. The number of aryl methyl sites for hydroxylation is 1. The topological polar surface area (TPSA) is 27.7 Å². The lowest BCUT2D eigenvalue weighted by Crippen LogP contribution is -2.00. The zero-order valence-corrected chi connectivity index (χ0v) is 10.3. The third-order valence-corrected chi connectivity index (χ3v) is 2.60. The molecule has 3 nitrogen and oxygen atoms in total. The molecule has 2 aromatic carbocycles. The second-order valence-corrected chi connectivity index (χ2v) is 3.87. The Labute approximate surface area is 101 Å². The number of methoxy groups -OCH3 is 2. The molecule has 0 fully saturated rings. The average molecular weight is 232 g/mol. The maximum absolute atomic E-state index is 5.55. The van der Waals surface area contributed by atoms with Gasteiger partial charge in [-0.2, -0.15) is 0 Å². The fourth-order valence-electron chi connectivity index (χ4n) is 1.90. The molecule has 2 rings (SSSR count). The van der Waals surface area contributed by atoms with Gasteiger partial charge in [0.15, 0.2) is 6.79 Å². The number of rotatable bonds is 4. The van der Waals surface area contributed by atoms with Crippen molar-refractivity contribution in [1.82, 2.24) is 0 Å². The summed E-state index contributed by atoms with van der Waals surface area (Å²) < 4.78 is 15.9. The number of fused-ring (bicyclic) bond motifs is 1. The minimum atomic E-state index is 0.232. The molecule has 0 unspecified atom stereocenters. The zero-order valence-electron chi connectivity index (χ0n) is 10.3. The van der Waals surface area contributed by atoms with Crippen LogP contribution in [0, 0.1) is 6.92 Å². The second-order valence-electron chi connectivity index (χ2n) is 3.87. The number of hydrogen-bond acceptors (Lipinski definition) is 3. The van der Waals surface area contributed by atoms with E-state index in [4.69, 9.17) is 14.2 Å². The maximum Gasteiger partial charge on any atom is 0.188 e. The molecular weight excluding hydrogens is 216 g/mol. The van der Waals surface area contributed by atoms with Gasteiger partial charge in [0.05, 0.1) is 12.5 Å². The Bertz CT molecular complexity index is 520. The van der Waals surface area contributed by atoms with Crippen LogP contribution in [0.25, 0.3) is 10.8 Å². The van der Waals surface area contributed by atoms with Crippen LogP contribution in [0.4, 0.5) is 0 Å². The van der Waals surface area contributed by atoms with E-state index >= 15 is 0 Å². The van der Waals surface area contributed by atoms with Crippen molar-refractivity contribution in [2.45, 2.75) is 6.92 Å². The monoisotopic (exact) mass is 232 g/mol. The molecule has 0 bridgehead atoms. The molecule has 0 saturated carbocycles. The predicted octanol–water partition coefficient (Wildman–Crippen LogP) is 3.14. The summed E-state index contributed by atoms with van der Waals surface area (Å²) >= 11 is 0. The van der Waals surface area contributed by atoms with Crippen molar-refractivity contribution < 1.29 is 14.2 Å². The summed E-state index contributed by atoms with van der Waals surface area (Å²) in [6, 6.07) is 10.0. The van der Waals surface area contributed by atoms with Gasteiger partial charge in [0.2, 0.25) is 0 Å². The van der Waals surface area contributed by atoms with E-state index in [0.717, 1.165) is 22.3 Å². The van der Waals surface area contributed by atoms with E-state index in [1.54, 1.807) is 14.2 Å². The fraction of sp³-hybridized carbons (Fsp3) is 0.286. The zero-order chi connectivity index (χ0) is 12.3. The van der Waals surface area contributed by atoms with Gasteiger partial charge in [0.25, 0.3) is 0 Å². The lowest BCUT2D eigenvalue weighted by atomic mass is 10.1. The van der Waals surface area contributed by atoms with Gasteiger partial charge in [0.1, 0.15) is 11.5 Å². The van der Waals surface area contributed by atoms with Crippen molar-refractivity contribution in [1.29, 1.82) is 0 Å². The third-order valence-electron chi connectivity index (χ3n) is 2.60. The molecule has 0 amide bonds. The van der Waals surface area contributed by atoms with Crippen molar-refractivity contribution in [2.75, 3.05) is 21.0 Å². The number of ether oxygens (including phenoxy) is 3. The fourth-order valence-corrected chi connectivity index (χ4v) is 1.90. The van der Waals surface area contributed by atoms with Gasteiger partial charge in [-0.1, -0.05) is 18.2 Å². The highest BCUT2D eigenvalue weighted by Crippen LogP contribution is 2.34. The summed E-state index contributed by atoms with van der Waals surface area (Å²) in [4.78, 5) is 0. The first kappa shape index (κ1) is 11.7. The smallest absolute Gasteiger partial charge is 0.188 e. The van der Waals surface area contributed by atoms with Crippen molar-refractivity contribution in [3.8, 4) is 11.5 Å². The lowest BCUT2D eigenvalue weighted by molar-refractivity contribution is 0.0521. The lowest BCUT2D eigenvalue weighted by Gasteiger charge is -2.12. The first-order chi connectivity index (χ1) is 8.26. The Morgan fingerprint density at radius 3 is 2.59 bits per heavy atom. The van der Waals surface area contributed by atoms with Crippen LogP contribution >= 0.6 is 0 Å². The molecule has 0 saturated heterocycles. The average Bonchev–Trinajstić information content (AvgIpc) is 2.34. The van der Waals surface area contributed by atoms with Gasteiger partial charge in [-0.05, 0) is 30.0 Å². The largest absolute Gasteiger partial charge is 0.496 e. The molecule has 0 aliphatic carbocycles. The molecule has 17 heavy (non-hydrogen) atoms. The van der Waals surface area contributed by atoms with Crippen LogP contribution < -0.4 is 9.47 Å². The molecule has 0 spiro atoms. The van der Waals surface area contributed by atoms with E-state index in [1.165, 1.54) is 5.56 Å². The van der Waals surface area contributed by atoms with Gasteiger partial charge >= 0.3 is 0 Å². The molecule has 3 heteroatoms. The highest BCUT2D eigenvalue weighted by molar-refractivity contribution is 5.94. The summed E-state index contributed by atoms with van der Waals surface area (Å²) in [7, 11) is 3.27. The van der Waals surface area contributed by atoms with Crippen molar-refractivity contribution in [3.63, 3.8) is 0 Å². The molecule has 0 radical (unpaired) electrons. The van der Waals surface area contributed by atoms with E-state index in [0.29, 0.717) is 0 Å². The SMILES string of the molecule is COCOc1cccc2cc(C)cc(OC)c12. The van der Waals surface area contributed by atoms with Crippen molar-refractivity contribution in [3.05, 3.63) is 35.9 Å². The first-order valence-corrected chi connectivity index (χ1v) is 5.45. The minimum Gasteiger partial charge on any atom is -0.496 e. The maximum atomic E-state index is 5.55. The van der Waals surface area contributed by atoms with E-state index in [2.05, 4.69) is 6.07 Å². The van der Waals surface area contributed by atoms with Gasteiger partial charge < -0.3 is 14.2 Å². The van der Waals surface area contributed by atoms with E-state index in [1.807, 2.05) is 31.2 Å². The molecule has 0 N–H and O–H groups in total. The molecule has 0 aromatic heterocycles. The Kier molecular flexibility index (Phi) is 3.49. The van der Waals surface area contributed by atoms with Crippen LogP contribution in [0.2, 0.25) is 0 Å². The minimum absolute atomic E-state index is 0.232. The molecule has 0 aliphatic rings. The molecule has 0 aliphatic heterocycles. The van der Waals surface area contributed by atoms with Gasteiger partial charge in [-0.15, -0.1) is 0 Å². The molecule has 90 valence electrons. The van der Waals surface area contributed by atoms with Crippen LogP contribution in [-0.2, 0) is 4.74 Å². The highest BCUT2D eigenvalue weighted by atomic mass is 16.7. The van der Waals surface area contributed by atoms with Crippen molar-refractivity contribution in [2.24, 2.45) is 0 Å². The number of hydrogen-bond donors (Lipinski definition) is 0. The van der Waals surface area contributed by atoms with Gasteiger partial charge in [-0.25, -0.2) is 0 Å². The summed E-state index contributed by atoms with van der Waals surface area (Å²) in [6.45, 7) is 2.28. The Morgan fingerprint density at radius 2 is 1.88 bits per heavy atom. The van der Waals surface area contributed by atoms with Crippen molar-refractivity contribution >= 4 is 10.8 Å². The van der Waals surface area contributed by atoms with Gasteiger partial charge in [-0.3, -0.25) is 0 Å². The molecular formula is C14H16O3. The quantitative estimate of drug-likeness (QED) is 0.758. The third kappa shape index (κ3) is 2.34. The normalized spacial score (nSPS) is 10.5. The van der Waals surface area contributed by atoms with E-state index in [9.17, 15) is 0 Å². The highest BCUT2D eigenvalue weighted by Gasteiger charge is 2.08. The number of benzene rings is 2. The van der Waals surface area contributed by atoms with E-state index in [-0.39, 0.29) is 6.79 Å². The molecule has 2 aromatic rings. The van der Waals surface area contributed by atoms with E-state index < -0.39 is 0 Å². The van der Waals surface area contributed by atoms with Crippen LogP contribution in [-0.4, -0.2) is 21.0 Å². The Hall–Kier alpha value is -1.74. The Morgan fingerprint density at radius 1 is 1.06 bits per heavy atom. The van der Waals surface area contributed by atoms with Crippen LogP contribution in [0.1, 0.15) is 5.56 Å². The van der Waals surface area contributed by atoms with Crippen LogP contribution in [0.5, 0.6) is 11.5 Å². The van der Waals surface area contributed by atoms with Crippen LogP contribution in [0.3, 0.4) is 0 Å². The molecule has 0 heterocycles. The van der Waals surface area contributed by atoms with Gasteiger partial charge in [0, 0.05) is 7.11 Å². The van der Waals surface area contributed by atoms with Crippen LogP contribution in [0.15, 0.2) is 30.3 Å². The summed E-state index contributed by atoms with van der Waals surface area (Å²) in [5.41, 5.74) is 1.17. The predicted molar refractivity (Wildman–Crippen MR) is 67.7 cm³/mol. The second kappa shape index (κ2) is 5.06. The molecule has 0 atom stereocenters. The summed E-state index contributed by atoms with van der Waals surface area (Å²) in [5.74, 6) is 1.60. The Balaban J connectivity index is 2.60. The first-order valence-electron chi connectivity index (χ1n) is 5.45. The standard InChI is InChI=1S/C14H16O3/c1-10-7-11-5-4-6-12(17-9-15-2)14(11)13(8-10)16-3/h4-8H,9H2,1-3H3.